The van der Waals surface area contributed by atoms with Crippen LogP contribution in [-0.4, -0.2) is 37.6 Å². The summed E-state index contributed by atoms with van der Waals surface area (Å²) in [5.41, 5.74) is 1.48. The monoisotopic (exact) mass is 449 g/mol. The quantitative estimate of drug-likeness (QED) is 0.692. The van der Waals surface area contributed by atoms with Crippen LogP contribution in [0.5, 0.6) is 0 Å². The Bertz CT molecular complexity index is 976. The number of piperazine rings is 1. The summed E-state index contributed by atoms with van der Waals surface area (Å²) >= 11 is 0. The fourth-order valence-corrected chi connectivity index (χ4v) is 4.64. The highest BCUT2D eigenvalue weighted by Crippen LogP contribution is 2.40. The van der Waals surface area contributed by atoms with Gasteiger partial charge in [-0.3, -0.25) is 4.79 Å². The number of carbonyl (C=O) groups excluding carboxylic acids is 1. The molecule has 2 aliphatic heterocycles. The van der Waals surface area contributed by atoms with E-state index in [1.54, 1.807) is 12.1 Å². The number of alkyl halides is 3. The topological polar surface area (TPSA) is 35.6 Å². The summed E-state index contributed by atoms with van der Waals surface area (Å²) in [6, 6.07) is 9.85. The molecule has 0 spiro atoms. The van der Waals surface area contributed by atoms with E-state index in [-0.39, 0.29) is 30.2 Å². The third-order valence-corrected chi connectivity index (χ3v) is 6.57. The van der Waals surface area contributed by atoms with Crippen molar-refractivity contribution >= 4 is 17.3 Å². The minimum atomic E-state index is -4.43. The van der Waals surface area contributed by atoms with Crippen LogP contribution >= 0.6 is 0 Å². The lowest BCUT2D eigenvalue weighted by Crippen LogP contribution is -2.61. The van der Waals surface area contributed by atoms with Crippen LogP contribution in [0.4, 0.5) is 28.9 Å². The highest BCUT2D eigenvalue weighted by atomic mass is 19.4. The maximum Gasteiger partial charge on any atom is 0.416 e. The molecule has 1 fully saturated rings. The zero-order valence-electron chi connectivity index (χ0n) is 18.1. The van der Waals surface area contributed by atoms with Crippen molar-refractivity contribution in [3.8, 4) is 0 Å². The molecule has 1 saturated heterocycles. The number of benzene rings is 2. The molecule has 3 atom stereocenters. The van der Waals surface area contributed by atoms with Gasteiger partial charge in [-0.05, 0) is 67.8 Å². The Morgan fingerprint density at radius 3 is 2.53 bits per heavy atom. The molecule has 8 heteroatoms. The molecule has 1 amide bonds. The average Bonchev–Trinajstić information content (AvgIpc) is 2.77. The van der Waals surface area contributed by atoms with Gasteiger partial charge in [-0.25, -0.2) is 4.39 Å². The maximum absolute atomic E-state index is 13.4. The minimum Gasteiger partial charge on any atom is -0.368 e. The third kappa shape index (κ3) is 4.40. The number of rotatable bonds is 4. The summed E-state index contributed by atoms with van der Waals surface area (Å²) in [6.45, 7) is 5.61. The van der Waals surface area contributed by atoms with Crippen LogP contribution in [0.3, 0.4) is 0 Å². The van der Waals surface area contributed by atoms with Crippen molar-refractivity contribution in [2.24, 2.45) is 5.92 Å². The molecule has 2 aliphatic rings. The number of fused-ring (bicyclic) bond motifs is 3. The van der Waals surface area contributed by atoms with Gasteiger partial charge in [0, 0.05) is 37.1 Å². The highest BCUT2D eigenvalue weighted by Gasteiger charge is 2.43. The number of nitrogens with zero attached hydrogens (tertiary/aromatic N) is 2. The normalized spacial score (nSPS) is 21.6. The molecule has 0 aromatic heterocycles. The van der Waals surface area contributed by atoms with Gasteiger partial charge in [0.1, 0.15) is 5.82 Å². The maximum atomic E-state index is 13.4. The van der Waals surface area contributed by atoms with Gasteiger partial charge >= 0.3 is 6.18 Å². The van der Waals surface area contributed by atoms with Crippen LogP contribution in [0, 0.1) is 11.7 Å². The van der Waals surface area contributed by atoms with Crippen LogP contribution in [-0.2, 0) is 17.4 Å². The molecule has 4 rings (SSSR count). The van der Waals surface area contributed by atoms with Crippen molar-refractivity contribution in [3.05, 3.63) is 59.4 Å². The number of halogens is 4. The van der Waals surface area contributed by atoms with Crippen molar-refractivity contribution in [2.75, 3.05) is 29.4 Å². The van der Waals surface area contributed by atoms with Crippen LogP contribution in [0.1, 0.15) is 31.4 Å². The van der Waals surface area contributed by atoms with E-state index >= 15 is 0 Å². The first-order valence-electron chi connectivity index (χ1n) is 10.9. The third-order valence-electron chi connectivity index (χ3n) is 6.57. The number of hydrogen-bond acceptors (Lipinski definition) is 3. The van der Waals surface area contributed by atoms with Crippen LogP contribution in [0.15, 0.2) is 42.5 Å². The van der Waals surface area contributed by atoms with Gasteiger partial charge < -0.3 is 15.1 Å². The van der Waals surface area contributed by atoms with Crippen LogP contribution < -0.4 is 15.1 Å². The van der Waals surface area contributed by atoms with E-state index in [2.05, 4.69) is 15.1 Å². The van der Waals surface area contributed by atoms with Crippen molar-refractivity contribution < 1.29 is 22.4 Å². The molecule has 0 bridgehead atoms. The molecule has 0 saturated carbocycles. The largest absolute Gasteiger partial charge is 0.416 e. The first-order valence-corrected chi connectivity index (χ1v) is 10.9. The second kappa shape index (κ2) is 8.64. The van der Waals surface area contributed by atoms with E-state index in [1.807, 2.05) is 13.8 Å². The summed E-state index contributed by atoms with van der Waals surface area (Å²) in [5, 5.41) is 3.01. The summed E-state index contributed by atoms with van der Waals surface area (Å²) in [5.74, 6) is -0.938. The molecule has 2 aromatic rings. The zero-order chi connectivity index (χ0) is 23.0. The van der Waals surface area contributed by atoms with Gasteiger partial charge in [0.25, 0.3) is 0 Å². The number of carbonyl (C=O) groups is 1. The molecular weight excluding hydrogens is 422 g/mol. The lowest BCUT2D eigenvalue weighted by atomic mass is 9.82. The van der Waals surface area contributed by atoms with Gasteiger partial charge in [-0.2, -0.15) is 13.2 Å². The first kappa shape index (κ1) is 22.4. The van der Waals surface area contributed by atoms with Gasteiger partial charge in [0.2, 0.25) is 5.91 Å². The molecule has 0 aliphatic carbocycles. The molecule has 1 N–H and O–H groups in total. The Hall–Kier alpha value is -2.77. The SMILES string of the molecule is CC[C@@H](C)NC(=O)[C@H]1Cc2cc(C(F)(F)F)ccc2N2CCN(c3ccc(F)cc3)C[C@H]12. The molecular formula is C24H27F4N3O. The van der Waals surface area contributed by atoms with Crippen molar-refractivity contribution in [3.63, 3.8) is 0 Å². The minimum absolute atomic E-state index is 0.0179. The summed E-state index contributed by atoms with van der Waals surface area (Å²) in [4.78, 5) is 17.4. The van der Waals surface area contributed by atoms with Gasteiger partial charge in [0.15, 0.2) is 0 Å². The Morgan fingerprint density at radius 2 is 1.88 bits per heavy atom. The van der Waals surface area contributed by atoms with Gasteiger partial charge in [-0.1, -0.05) is 6.92 Å². The predicted octanol–water partition coefficient (Wildman–Crippen LogP) is 4.63. The predicted molar refractivity (Wildman–Crippen MR) is 116 cm³/mol. The molecule has 2 aromatic carbocycles. The van der Waals surface area contributed by atoms with Crippen molar-refractivity contribution in [1.82, 2.24) is 5.32 Å². The summed E-state index contributed by atoms with van der Waals surface area (Å²) in [7, 11) is 0. The summed E-state index contributed by atoms with van der Waals surface area (Å²) < 4.78 is 53.3. The Kier molecular flexibility index (Phi) is 6.05. The fraction of sp³-hybridized carbons (Fsp3) is 0.458. The van der Waals surface area contributed by atoms with Gasteiger partial charge in [0.05, 0.1) is 17.5 Å². The molecule has 172 valence electrons. The lowest BCUT2D eigenvalue weighted by molar-refractivity contribution is -0.137. The summed E-state index contributed by atoms with van der Waals surface area (Å²) in [6.07, 6.45) is -3.41. The van der Waals surface area contributed by atoms with E-state index in [4.69, 9.17) is 0 Å². The second-order valence-electron chi connectivity index (χ2n) is 8.65. The second-order valence-corrected chi connectivity index (χ2v) is 8.65. The highest BCUT2D eigenvalue weighted by molar-refractivity contribution is 5.82. The first-order chi connectivity index (χ1) is 15.2. The Morgan fingerprint density at radius 1 is 1.16 bits per heavy atom. The Labute approximate surface area is 185 Å². The van der Waals surface area contributed by atoms with Crippen molar-refractivity contribution in [1.29, 1.82) is 0 Å². The van der Waals surface area contributed by atoms with E-state index in [9.17, 15) is 22.4 Å². The Balaban J connectivity index is 1.67. The van der Waals surface area contributed by atoms with E-state index in [0.717, 1.165) is 23.9 Å². The molecule has 0 unspecified atom stereocenters. The van der Waals surface area contributed by atoms with E-state index in [1.165, 1.54) is 24.3 Å². The molecule has 32 heavy (non-hydrogen) atoms. The standard InChI is InChI=1S/C24H27F4N3O/c1-3-15(2)29-23(32)20-13-16-12-17(24(26,27)28)4-9-21(16)31-11-10-30(14-22(20)31)19-7-5-18(25)6-8-19/h4-9,12,15,20,22H,3,10-11,13-14H2,1-2H3,(H,29,32)/t15-,20+,22-/m1/s1. The molecule has 0 radical (unpaired) electrons. The molecule has 2 heterocycles. The fourth-order valence-electron chi connectivity index (χ4n) is 4.64. The van der Waals surface area contributed by atoms with Crippen molar-refractivity contribution in [2.45, 2.75) is 44.9 Å². The lowest BCUT2D eigenvalue weighted by Gasteiger charge is -2.50. The zero-order valence-corrected chi connectivity index (χ0v) is 18.1. The van der Waals surface area contributed by atoms with Crippen LogP contribution in [0.25, 0.3) is 0 Å². The number of hydrogen-bond donors (Lipinski definition) is 1. The van der Waals surface area contributed by atoms with E-state index < -0.39 is 17.7 Å². The van der Waals surface area contributed by atoms with Gasteiger partial charge in [-0.15, -0.1) is 0 Å². The molecule has 4 nitrogen and oxygen atoms in total. The number of amides is 1. The van der Waals surface area contributed by atoms with E-state index in [0.29, 0.717) is 25.2 Å². The number of anilines is 2. The van der Waals surface area contributed by atoms with Crippen LogP contribution in [0.2, 0.25) is 0 Å². The smallest absolute Gasteiger partial charge is 0.368 e. The number of nitrogens with one attached hydrogen (secondary N) is 1. The average molecular weight is 449 g/mol.